The molecule has 0 saturated carbocycles. The minimum Gasteiger partial charge on any atom is -0.380 e. The number of aromatic amines is 1. The number of anilines is 2. The zero-order valence-electron chi connectivity index (χ0n) is 17.8. The molecule has 0 atom stereocenters. The first-order valence-corrected chi connectivity index (χ1v) is 11.1. The first-order valence-electron chi connectivity index (χ1n) is 11.1. The molecular weight excluding hydrogens is 398 g/mol. The zero-order valence-corrected chi connectivity index (χ0v) is 17.8. The van der Waals surface area contributed by atoms with E-state index in [9.17, 15) is 0 Å². The molecule has 4 aromatic rings. The van der Waals surface area contributed by atoms with E-state index >= 15 is 0 Å². The molecule has 1 aliphatic heterocycles. The number of fused-ring (bicyclic) bond motifs is 3. The second-order valence-electron chi connectivity index (χ2n) is 8.31. The summed E-state index contributed by atoms with van der Waals surface area (Å²) in [5.74, 6) is 1.01. The van der Waals surface area contributed by atoms with Crippen molar-refractivity contribution in [3.05, 3.63) is 83.6 Å². The van der Waals surface area contributed by atoms with Crippen LogP contribution in [-0.4, -0.2) is 41.5 Å². The van der Waals surface area contributed by atoms with Crippen molar-refractivity contribution in [1.29, 1.82) is 0 Å². The van der Waals surface area contributed by atoms with Crippen molar-refractivity contribution < 1.29 is 4.74 Å². The van der Waals surface area contributed by atoms with E-state index in [1.165, 1.54) is 22.3 Å². The molecule has 6 nitrogen and oxygen atoms in total. The highest BCUT2D eigenvalue weighted by Crippen LogP contribution is 2.39. The largest absolute Gasteiger partial charge is 0.380 e. The minimum atomic E-state index is 0.753. The van der Waals surface area contributed by atoms with Gasteiger partial charge in [-0.25, -0.2) is 4.98 Å². The van der Waals surface area contributed by atoms with E-state index < -0.39 is 0 Å². The van der Waals surface area contributed by atoms with E-state index in [-0.39, 0.29) is 0 Å². The smallest absolute Gasteiger partial charge is 0.128 e. The molecule has 0 unspecified atom stereocenters. The summed E-state index contributed by atoms with van der Waals surface area (Å²) in [6, 6.07) is 21.4. The van der Waals surface area contributed by atoms with Crippen LogP contribution in [0, 0.1) is 0 Å². The number of morpholine rings is 1. The Morgan fingerprint density at radius 2 is 1.81 bits per heavy atom. The van der Waals surface area contributed by atoms with Crippen LogP contribution in [0.5, 0.6) is 0 Å². The van der Waals surface area contributed by atoms with Crippen molar-refractivity contribution in [3.63, 3.8) is 0 Å². The van der Waals surface area contributed by atoms with E-state index in [1.807, 2.05) is 6.20 Å². The lowest BCUT2D eigenvalue weighted by Crippen LogP contribution is -2.36. The Hall–Kier alpha value is -3.64. The van der Waals surface area contributed by atoms with Crippen LogP contribution in [0.2, 0.25) is 0 Å². The first kappa shape index (κ1) is 19.1. The summed E-state index contributed by atoms with van der Waals surface area (Å²) in [5.41, 5.74) is 9.55. The SMILES string of the molecule is c1ccc2c(c1)Cc1c(-c3ccc(CNc4ccc(N5CCOCC5)nc4)cc3)n[nH]c1-2. The van der Waals surface area contributed by atoms with Gasteiger partial charge in [0.1, 0.15) is 5.82 Å². The summed E-state index contributed by atoms with van der Waals surface area (Å²) in [6.45, 7) is 4.09. The Bertz CT molecular complexity index is 1220. The maximum absolute atomic E-state index is 5.41. The quantitative estimate of drug-likeness (QED) is 0.436. The number of pyridine rings is 1. The second-order valence-corrected chi connectivity index (χ2v) is 8.31. The summed E-state index contributed by atoms with van der Waals surface area (Å²) < 4.78 is 5.41. The first-order chi connectivity index (χ1) is 15.8. The third-order valence-corrected chi connectivity index (χ3v) is 6.33. The van der Waals surface area contributed by atoms with Crippen LogP contribution < -0.4 is 10.2 Å². The Kier molecular flexibility index (Phi) is 4.85. The van der Waals surface area contributed by atoms with Gasteiger partial charge >= 0.3 is 0 Å². The van der Waals surface area contributed by atoms with E-state index in [1.54, 1.807) is 0 Å². The van der Waals surface area contributed by atoms with Gasteiger partial charge in [-0.3, -0.25) is 5.10 Å². The fourth-order valence-corrected chi connectivity index (χ4v) is 4.56. The highest BCUT2D eigenvalue weighted by molar-refractivity contribution is 5.81. The Labute approximate surface area is 187 Å². The van der Waals surface area contributed by atoms with E-state index in [0.717, 1.165) is 67.7 Å². The van der Waals surface area contributed by atoms with Crippen LogP contribution in [0.15, 0.2) is 66.9 Å². The number of nitrogens with zero attached hydrogens (tertiary/aromatic N) is 3. The number of rotatable bonds is 5. The van der Waals surface area contributed by atoms with Gasteiger partial charge in [0.2, 0.25) is 0 Å². The van der Waals surface area contributed by atoms with Crippen molar-refractivity contribution >= 4 is 11.5 Å². The van der Waals surface area contributed by atoms with Crippen LogP contribution >= 0.6 is 0 Å². The highest BCUT2D eigenvalue weighted by atomic mass is 16.5. The third kappa shape index (κ3) is 3.52. The number of ether oxygens (including phenoxy) is 1. The minimum absolute atomic E-state index is 0.753. The summed E-state index contributed by atoms with van der Waals surface area (Å²) in [7, 11) is 0. The molecule has 1 fully saturated rings. The lowest BCUT2D eigenvalue weighted by Gasteiger charge is -2.27. The monoisotopic (exact) mass is 423 g/mol. The highest BCUT2D eigenvalue weighted by Gasteiger charge is 2.24. The molecule has 0 radical (unpaired) electrons. The molecule has 2 aromatic heterocycles. The molecule has 3 heterocycles. The van der Waals surface area contributed by atoms with Crippen LogP contribution in [0.3, 0.4) is 0 Å². The van der Waals surface area contributed by atoms with Gasteiger partial charge in [-0.15, -0.1) is 0 Å². The molecule has 6 heteroatoms. The molecule has 1 saturated heterocycles. The van der Waals surface area contributed by atoms with Crippen molar-refractivity contribution in [2.24, 2.45) is 0 Å². The molecule has 0 spiro atoms. The predicted molar refractivity (Wildman–Crippen MR) is 127 cm³/mol. The van der Waals surface area contributed by atoms with Gasteiger partial charge in [-0.05, 0) is 23.3 Å². The average Bonchev–Trinajstić information content (AvgIpc) is 3.44. The predicted octanol–water partition coefficient (Wildman–Crippen LogP) is 4.49. The molecule has 160 valence electrons. The van der Waals surface area contributed by atoms with Gasteiger partial charge in [0.15, 0.2) is 0 Å². The van der Waals surface area contributed by atoms with Gasteiger partial charge in [-0.1, -0.05) is 48.5 Å². The van der Waals surface area contributed by atoms with Crippen LogP contribution in [0.4, 0.5) is 11.5 Å². The molecule has 2 aromatic carbocycles. The fourth-order valence-electron chi connectivity index (χ4n) is 4.56. The summed E-state index contributed by atoms with van der Waals surface area (Å²) in [6.07, 6.45) is 2.85. The summed E-state index contributed by atoms with van der Waals surface area (Å²) in [4.78, 5) is 6.87. The molecular formula is C26H25N5O. The van der Waals surface area contributed by atoms with Crippen molar-refractivity contribution in [2.45, 2.75) is 13.0 Å². The molecule has 0 amide bonds. The van der Waals surface area contributed by atoms with E-state index in [0.29, 0.717) is 0 Å². The lowest BCUT2D eigenvalue weighted by atomic mass is 10.0. The van der Waals surface area contributed by atoms with Gasteiger partial charge in [-0.2, -0.15) is 5.10 Å². The van der Waals surface area contributed by atoms with Crippen LogP contribution in [0.25, 0.3) is 22.5 Å². The molecule has 1 aliphatic carbocycles. The third-order valence-electron chi connectivity index (χ3n) is 6.33. The molecule has 6 rings (SSSR count). The standard InChI is InChI=1S/C26H25N5O/c1-2-4-22-20(3-1)15-23-25(29-30-26(22)23)19-7-5-18(6-8-19)16-27-21-9-10-24(28-17-21)31-11-13-32-14-12-31/h1-10,17,27H,11-16H2,(H,29,30). The van der Waals surface area contributed by atoms with Gasteiger partial charge in [0.05, 0.1) is 36.5 Å². The van der Waals surface area contributed by atoms with Crippen molar-refractivity contribution in [1.82, 2.24) is 15.2 Å². The molecule has 2 aliphatic rings. The maximum atomic E-state index is 5.41. The number of nitrogens with one attached hydrogen (secondary N) is 2. The van der Waals surface area contributed by atoms with Crippen LogP contribution in [-0.2, 0) is 17.7 Å². The van der Waals surface area contributed by atoms with Crippen LogP contribution in [0.1, 0.15) is 16.7 Å². The average molecular weight is 424 g/mol. The topological polar surface area (TPSA) is 66.1 Å². The number of benzene rings is 2. The van der Waals surface area contributed by atoms with Crippen molar-refractivity contribution in [3.8, 4) is 22.5 Å². The Morgan fingerprint density at radius 1 is 0.969 bits per heavy atom. The Morgan fingerprint density at radius 3 is 2.62 bits per heavy atom. The second kappa shape index (κ2) is 8.13. The number of hydrogen-bond donors (Lipinski definition) is 2. The fraction of sp³-hybridized carbons (Fsp3) is 0.231. The lowest BCUT2D eigenvalue weighted by molar-refractivity contribution is 0.122. The zero-order chi connectivity index (χ0) is 21.3. The van der Waals surface area contributed by atoms with Gasteiger partial charge in [0.25, 0.3) is 0 Å². The molecule has 2 N–H and O–H groups in total. The van der Waals surface area contributed by atoms with E-state index in [2.05, 4.69) is 86.1 Å². The van der Waals surface area contributed by atoms with E-state index in [4.69, 9.17) is 4.74 Å². The number of hydrogen-bond acceptors (Lipinski definition) is 5. The maximum Gasteiger partial charge on any atom is 0.128 e. The van der Waals surface area contributed by atoms with Crippen molar-refractivity contribution in [2.75, 3.05) is 36.5 Å². The summed E-state index contributed by atoms with van der Waals surface area (Å²) >= 11 is 0. The molecule has 32 heavy (non-hydrogen) atoms. The van der Waals surface area contributed by atoms with Gasteiger partial charge < -0.3 is 15.0 Å². The number of H-pyrrole nitrogens is 1. The normalized spacial score (nSPS) is 14.8. The Balaban J connectivity index is 1.12. The summed E-state index contributed by atoms with van der Waals surface area (Å²) in [5, 5.41) is 11.3. The number of aromatic nitrogens is 3. The molecule has 0 bridgehead atoms. The van der Waals surface area contributed by atoms with Gasteiger partial charge in [0, 0.05) is 42.7 Å².